The van der Waals surface area contributed by atoms with Crippen molar-refractivity contribution in [1.29, 1.82) is 0 Å². The predicted octanol–water partition coefficient (Wildman–Crippen LogP) is 2.20. The molecule has 3 nitrogen and oxygen atoms in total. The van der Waals surface area contributed by atoms with Crippen molar-refractivity contribution in [2.24, 2.45) is 11.8 Å². The van der Waals surface area contributed by atoms with Crippen LogP contribution >= 0.6 is 0 Å². The number of carbonyl (C=O) groups excluding carboxylic acids is 2. The van der Waals surface area contributed by atoms with Crippen LogP contribution in [0.1, 0.15) is 47.0 Å². The smallest absolute Gasteiger partial charge is 0.146 e. The van der Waals surface area contributed by atoms with Crippen LogP contribution in [0.15, 0.2) is 0 Å². The number of Topliss-reactive ketones (excluding diaryl/α,β-unsaturated/α-hetero) is 2. The third-order valence-corrected chi connectivity index (χ3v) is 3.10. The predicted molar refractivity (Wildman–Crippen MR) is 66.4 cm³/mol. The number of ketones is 2. The van der Waals surface area contributed by atoms with Gasteiger partial charge in [0.1, 0.15) is 11.6 Å². The summed E-state index contributed by atoms with van der Waals surface area (Å²) in [5.41, 5.74) is 0. The van der Waals surface area contributed by atoms with Crippen LogP contribution in [0.2, 0.25) is 0 Å². The second kappa shape index (κ2) is 8.45. The highest BCUT2D eigenvalue weighted by Gasteiger charge is 2.25. The Bertz CT molecular complexity index is 222. The maximum Gasteiger partial charge on any atom is 0.146 e. The fraction of sp³-hybridized carbons (Fsp3) is 0.846. The van der Waals surface area contributed by atoms with Gasteiger partial charge in [0, 0.05) is 18.9 Å². The molecule has 1 unspecified atom stereocenters. The maximum absolute atomic E-state index is 11.9. The van der Waals surface area contributed by atoms with E-state index in [4.69, 9.17) is 0 Å². The molecule has 0 aromatic rings. The van der Waals surface area contributed by atoms with Gasteiger partial charge in [0.15, 0.2) is 0 Å². The van der Waals surface area contributed by atoms with Crippen LogP contribution in [0.4, 0.5) is 0 Å². The maximum atomic E-state index is 11.9. The zero-order valence-electron chi connectivity index (χ0n) is 11.0. The van der Waals surface area contributed by atoms with Gasteiger partial charge in [0.2, 0.25) is 0 Å². The minimum absolute atomic E-state index is 0.0538. The number of nitrogens with one attached hydrogen (secondary N) is 1. The minimum atomic E-state index is -0.427. The van der Waals surface area contributed by atoms with E-state index in [2.05, 4.69) is 5.32 Å². The molecule has 1 atom stereocenters. The summed E-state index contributed by atoms with van der Waals surface area (Å²) in [4.78, 5) is 23.7. The van der Waals surface area contributed by atoms with Crippen LogP contribution in [0.5, 0.6) is 0 Å². The summed E-state index contributed by atoms with van der Waals surface area (Å²) < 4.78 is 0. The first-order chi connectivity index (χ1) is 7.58. The van der Waals surface area contributed by atoms with Gasteiger partial charge < -0.3 is 5.32 Å². The third-order valence-electron chi connectivity index (χ3n) is 3.10. The van der Waals surface area contributed by atoms with Gasteiger partial charge in [-0.05, 0) is 26.3 Å². The van der Waals surface area contributed by atoms with Crippen molar-refractivity contribution < 1.29 is 9.59 Å². The molecule has 0 heterocycles. The molecule has 0 amide bonds. The molecule has 3 heteroatoms. The van der Waals surface area contributed by atoms with E-state index in [1.807, 2.05) is 20.8 Å². The lowest BCUT2D eigenvalue weighted by Crippen LogP contribution is -2.29. The fourth-order valence-corrected chi connectivity index (χ4v) is 1.81. The van der Waals surface area contributed by atoms with Gasteiger partial charge in [-0.1, -0.05) is 20.8 Å². The molecule has 0 spiro atoms. The van der Waals surface area contributed by atoms with Crippen molar-refractivity contribution in [2.45, 2.75) is 47.0 Å². The second-order valence-corrected chi connectivity index (χ2v) is 4.21. The van der Waals surface area contributed by atoms with Gasteiger partial charge >= 0.3 is 0 Å². The third kappa shape index (κ3) is 4.88. The molecule has 0 saturated carbocycles. The largest absolute Gasteiger partial charge is 0.317 e. The lowest BCUT2D eigenvalue weighted by atomic mass is 9.87. The Kier molecular flexibility index (Phi) is 8.08. The van der Waals surface area contributed by atoms with E-state index in [0.29, 0.717) is 13.0 Å². The second-order valence-electron chi connectivity index (χ2n) is 4.21. The summed E-state index contributed by atoms with van der Waals surface area (Å²) in [5.74, 6) is -0.189. The SMILES string of the molecule is CCNCCC(=O)C(C)C(=O)C(CC)CC. The molecule has 0 aliphatic carbocycles. The summed E-state index contributed by atoms with van der Waals surface area (Å²) in [7, 11) is 0. The van der Waals surface area contributed by atoms with Crippen LogP contribution in [0.25, 0.3) is 0 Å². The van der Waals surface area contributed by atoms with Crippen LogP contribution < -0.4 is 5.32 Å². The topological polar surface area (TPSA) is 46.2 Å². The van der Waals surface area contributed by atoms with Crippen LogP contribution in [-0.2, 0) is 9.59 Å². The first-order valence-corrected chi connectivity index (χ1v) is 6.35. The summed E-state index contributed by atoms with van der Waals surface area (Å²) in [6.45, 7) is 9.29. The average Bonchev–Trinajstić information content (AvgIpc) is 2.29. The van der Waals surface area contributed by atoms with Crippen molar-refractivity contribution in [3.05, 3.63) is 0 Å². The zero-order valence-corrected chi connectivity index (χ0v) is 11.0. The molecule has 94 valence electrons. The van der Waals surface area contributed by atoms with E-state index in [9.17, 15) is 9.59 Å². The molecular formula is C13H25NO2. The molecule has 0 aromatic carbocycles. The van der Waals surface area contributed by atoms with Gasteiger partial charge in [-0.15, -0.1) is 0 Å². The molecule has 0 radical (unpaired) electrons. The molecule has 0 saturated heterocycles. The molecule has 0 aliphatic rings. The molecule has 1 N–H and O–H groups in total. The molecule has 0 fully saturated rings. The zero-order chi connectivity index (χ0) is 12.6. The Hall–Kier alpha value is -0.700. The summed E-state index contributed by atoms with van der Waals surface area (Å²) in [6.07, 6.45) is 2.13. The minimum Gasteiger partial charge on any atom is -0.317 e. The lowest BCUT2D eigenvalue weighted by molar-refractivity contribution is -0.134. The van der Waals surface area contributed by atoms with Crippen molar-refractivity contribution >= 4 is 11.6 Å². The first-order valence-electron chi connectivity index (χ1n) is 6.35. The number of carbonyl (C=O) groups is 2. The molecule has 0 aliphatic heterocycles. The van der Waals surface area contributed by atoms with Gasteiger partial charge in [-0.25, -0.2) is 0 Å². The number of rotatable bonds is 9. The lowest BCUT2D eigenvalue weighted by Gasteiger charge is -2.16. The van der Waals surface area contributed by atoms with Crippen molar-refractivity contribution in [3.8, 4) is 0 Å². The Labute approximate surface area is 99.0 Å². The van der Waals surface area contributed by atoms with Crippen LogP contribution in [0.3, 0.4) is 0 Å². The highest BCUT2D eigenvalue weighted by molar-refractivity contribution is 6.02. The Morgan fingerprint density at radius 2 is 1.69 bits per heavy atom. The highest BCUT2D eigenvalue weighted by Crippen LogP contribution is 2.16. The summed E-state index contributed by atoms with van der Waals surface area (Å²) in [6, 6.07) is 0. The van der Waals surface area contributed by atoms with E-state index >= 15 is 0 Å². The van der Waals surface area contributed by atoms with Crippen molar-refractivity contribution in [2.75, 3.05) is 13.1 Å². The Morgan fingerprint density at radius 1 is 1.12 bits per heavy atom. The molecule has 16 heavy (non-hydrogen) atoms. The average molecular weight is 227 g/mol. The monoisotopic (exact) mass is 227 g/mol. The van der Waals surface area contributed by atoms with E-state index in [1.54, 1.807) is 6.92 Å². The van der Waals surface area contributed by atoms with Crippen molar-refractivity contribution in [1.82, 2.24) is 5.32 Å². The van der Waals surface area contributed by atoms with Gasteiger partial charge in [-0.3, -0.25) is 9.59 Å². The van der Waals surface area contributed by atoms with E-state index in [-0.39, 0.29) is 17.5 Å². The Balaban J connectivity index is 4.15. The standard InChI is InChI=1S/C13H25NO2/c1-5-11(6-2)13(16)10(4)12(15)8-9-14-7-3/h10-11,14H,5-9H2,1-4H3. The Morgan fingerprint density at radius 3 is 2.12 bits per heavy atom. The molecular weight excluding hydrogens is 202 g/mol. The van der Waals surface area contributed by atoms with E-state index < -0.39 is 5.92 Å². The van der Waals surface area contributed by atoms with Crippen LogP contribution in [-0.4, -0.2) is 24.7 Å². The van der Waals surface area contributed by atoms with E-state index in [0.717, 1.165) is 19.4 Å². The highest BCUT2D eigenvalue weighted by atomic mass is 16.2. The first kappa shape index (κ1) is 15.3. The van der Waals surface area contributed by atoms with Gasteiger partial charge in [0.25, 0.3) is 0 Å². The fourth-order valence-electron chi connectivity index (χ4n) is 1.81. The molecule has 0 bridgehead atoms. The van der Waals surface area contributed by atoms with Crippen molar-refractivity contribution in [3.63, 3.8) is 0 Å². The quantitative estimate of drug-likeness (QED) is 0.485. The number of hydrogen-bond donors (Lipinski definition) is 1. The number of hydrogen-bond acceptors (Lipinski definition) is 3. The van der Waals surface area contributed by atoms with Crippen LogP contribution in [0, 0.1) is 11.8 Å². The van der Waals surface area contributed by atoms with E-state index in [1.165, 1.54) is 0 Å². The summed E-state index contributed by atoms with van der Waals surface area (Å²) >= 11 is 0. The summed E-state index contributed by atoms with van der Waals surface area (Å²) in [5, 5.41) is 3.10. The van der Waals surface area contributed by atoms with Gasteiger partial charge in [0.05, 0.1) is 5.92 Å². The molecule has 0 rings (SSSR count). The van der Waals surface area contributed by atoms with Gasteiger partial charge in [-0.2, -0.15) is 0 Å². The molecule has 0 aromatic heterocycles. The normalized spacial score (nSPS) is 12.8.